The van der Waals surface area contributed by atoms with Crippen molar-refractivity contribution in [1.82, 2.24) is 4.90 Å². The number of carbonyl (C=O) groups excluding carboxylic acids is 2. The second-order valence-corrected chi connectivity index (χ2v) is 3.90. The van der Waals surface area contributed by atoms with Gasteiger partial charge in [0.2, 0.25) is 0 Å². The van der Waals surface area contributed by atoms with Crippen molar-refractivity contribution in [2.24, 2.45) is 0 Å². The van der Waals surface area contributed by atoms with E-state index in [9.17, 15) is 9.59 Å². The average Bonchev–Trinajstić information content (AvgIpc) is 2.73. The van der Waals surface area contributed by atoms with Crippen LogP contribution in [0.2, 0.25) is 0 Å². The Morgan fingerprint density at radius 3 is 2.79 bits per heavy atom. The van der Waals surface area contributed by atoms with Gasteiger partial charge in [-0.15, -0.1) is 0 Å². The Hall–Kier alpha value is -1.10. The summed E-state index contributed by atoms with van der Waals surface area (Å²) in [7, 11) is 0. The minimum Gasteiger partial charge on any atom is -0.444 e. The van der Waals surface area contributed by atoms with E-state index in [4.69, 9.17) is 4.42 Å². The number of hydrogen-bond donors (Lipinski definition) is 0. The highest BCUT2D eigenvalue weighted by atomic mass is 79.9. The summed E-state index contributed by atoms with van der Waals surface area (Å²) in [4.78, 5) is 24.1. The third-order valence-corrected chi connectivity index (χ3v) is 2.53. The van der Waals surface area contributed by atoms with Crippen LogP contribution in [0, 0.1) is 0 Å². The molecule has 0 atom stereocenters. The quantitative estimate of drug-likeness (QED) is 0.766. The first-order chi connectivity index (χ1) is 6.66. The van der Waals surface area contributed by atoms with Crippen LogP contribution in [0.3, 0.4) is 0 Å². The molecule has 2 rings (SSSR count). The number of furan rings is 1. The minimum atomic E-state index is -0.221. The van der Waals surface area contributed by atoms with Gasteiger partial charge in [0.1, 0.15) is 0 Å². The van der Waals surface area contributed by atoms with Crippen LogP contribution in [0.1, 0.15) is 17.0 Å². The molecule has 1 saturated heterocycles. The number of hydrogen-bond acceptors (Lipinski definition) is 3. The first-order valence-electron chi connectivity index (χ1n) is 4.23. The summed E-state index contributed by atoms with van der Waals surface area (Å²) in [6.07, 6.45) is 0.452. The fraction of sp³-hybridized carbons (Fsp3) is 0.333. The number of carbonyl (C=O) groups is 2. The van der Waals surface area contributed by atoms with E-state index in [1.807, 2.05) is 0 Å². The zero-order valence-electron chi connectivity index (χ0n) is 7.33. The van der Waals surface area contributed by atoms with Crippen molar-refractivity contribution in [1.29, 1.82) is 0 Å². The summed E-state index contributed by atoms with van der Waals surface area (Å²) in [6, 6.07) is 3.25. The lowest BCUT2D eigenvalue weighted by Gasteiger charge is -2.11. The molecule has 1 aromatic heterocycles. The Labute approximate surface area is 89.0 Å². The summed E-state index contributed by atoms with van der Waals surface area (Å²) < 4.78 is 5.63. The molecule has 1 aromatic rings. The van der Waals surface area contributed by atoms with Crippen molar-refractivity contribution in [3.05, 3.63) is 22.6 Å². The van der Waals surface area contributed by atoms with E-state index in [2.05, 4.69) is 15.9 Å². The molecule has 2 heterocycles. The second-order valence-electron chi connectivity index (χ2n) is 3.12. The Morgan fingerprint density at radius 2 is 2.29 bits per heavy atom. The van der Waals surface area contributed by atoms with Gasteiger partial charge in [-0.25, -0.2) is 0 Å². The lowest BCUT2D eigenvalue weighted by Crippen LogP contribution is -2.28. The summed E-state index contributed by atoms with van der Waals surface area (Å²) in [6.45, 7) is 0.702. The van der Waals surface area contributed by atoms with Crippen LogP contribution in [0.15, 0.2) is 21.2 Å². The van der Waals surface area contributed by atoms with Crippen molar-refractivity contribution in [3.63, 3.8) is 0 Å². The predicted molar refractivity (Wildman–Crippen MR) is 51.9 cm³/mol. The Balaban J connectivity index is 2.12. The highest BCUT2D eigenvalue weighted by Gasteiger charge is 2.26. The molecule has 0 N–H and O–H groups in total. The van der Waals surface area contributed by atoms with E-state index < -0.39 is 0 Å². The molecule has 1 fully saturated rings. The molecule has 5 heteroatoms. The van der Waals surface area contributed by atoms with Crippen LogP contribution in [0.4, 0.5) is 0 Å². The highest BCUT2D eigenvalue weighted by Crippen LogP contribution is 2.17. The topological polar surface area (TPSA) is 50.5 Å². The average molecular weight is 258 g/mol. The highest BCUT2D eigenvalue weighted by molar-refractivity contribution is 9.10. The van der Waals surface area contributed by atoms with Gasteiger partial charge >= 0.3 is 0 Å². The smallest absolute Gasteiger partial charge is 0.290 e. The van der Waals surface area contributed by atoms with E-state index >= 15 is 0 Å². The summed E-state index contributed by atoms with van der Waals surface area (Å²) in [5.74, 6) is 0.150. The molecule has 4 nitrogen and oxygen atoms in total. The zero-order valence-corrected chi connectivity index (χ0v) is 8.91. The molecule has 0 unspecified atom stereocenters. The van der Waals surface area contributed by atoms with Crippen LogP contribution < -0.4 is 0 Å². The van der Waals surface area contributed by atoms with Crippen LogP contribution in [0.5, 0.6) is 0 Å². The molecule has 0 aliphatic carbocycles. The Bertz CT molecular complexity index is 385. The molecule has 0 bridgehead atoms. The predicted octanol–water partition coefficient (Wildman–Crippen LogP) is 1.46. The van der Waals surface area contributed by atoms with Gasteiger partial charge in [-0.2, -0.15) is 0 Å². The summed E-state index contributed by atoms with van der Waals surface area (Å²) in [5.41, 5.74) is 0. The molecule has 0 aromatic carbocycles. The van der Waals surface area contributed by atoms with E-state index in [1.54, 1.807) is 12.1 Å². The van der Waals surface area contributed by atoms with Crippen molar-refractivity contribution in [2.45, 2.75) is 6.42 Å². The van der Waals surface area contributed by atoms with Crippen molar-refractivity contribution in [3.8, 4) is 0 Å². The van der Waals surface area contributed by atoms with Gasteiger partial charge in [-0.1, -0.05) is 0 Å². The van der Waals surface area contributed by atoms with Gasteiger partial charge in [0.15, 0.2) is 16.2 Å². The van der Waals surface area contributed by atoms with Gasteiger partial charge in [-0.3, -0.25) is 9.59 Å². The second kappa shape index (κ2) is 3.57. The standard InChI is InChI=1S/C9H8BrNO3/c10-8-2-1-7(14-8)9(13)11-4-3-6(12)5-11/h1-2H,3-5H2. The molecule has 1 aliphatic heterocycles. The minimum absolute atomic E-state index is 0.101. The Kier molecular flexibility index (Phi) is 2.41. The van der Waals surface area contributed by atoms with Crippen LogP contribution in [-0.2, 0) is 4.79 Å². The fourth-order valence-electron chi connectivity index (χ4n) is 1.39. The lowest BCUT2D eigenvalue weighted by molar-refractivity contribution is -0.116. The zero-order chi connectivity index (χ0) is 10.1. The molecule has 0 radical (unpaired) electrons. The first-order valence-corrected chi connectivity index (χ1v) is 5.02. The third kappa shape index (κ3) is 1.72. The van der Waals surface area contributed by atoms with Crippen LogP contribution in [-0.4, -0.2) is 29.7 Å². The van der Waals surface area contributed by atoms with Gasteiger partial charge in [-0.05, 0) is 28.1 Å². The first kappa shape index (κ1) is 9.45. The molecule has 0 saturated carbocycles. The summed E-state index contributed by atoms with van der Waals surface area (Å²) >= 11 is 3.12. The monoisotopic (exact) mass is 257 g/mol. The normalized spacial score (nSPS) is 16.4. The van der Waals surface area contributed by atoms with Gasteiger partial charge in [0, 0.05) is 13.0 Å². The van der Waals surface area contributed by atoms with E-state index in [0.29, 0.717) is 17.6 Å². The van der Waals surface area contributed by atoms with Crippen molar-refractivity contribution in [2.75, 3.05) is 13.1 Å². The van der Waals surface area contributed by atoms with Crippen LogP contribution >= 0.6 is 15.9 Å². The maximum absolute atomic E-state index is 11.7. The van der Waals surface area contributed by atoms with Crippen LogP contribution in [0.25, 0.3) is 0 Å². The lowest BCUT2D eigenvalue weighted by atomic mass is 10.4. The van der Waals surface area contributed by atoms with Crippen molar-refractivity contribution >= 4 is 27.6 Å². The number of likely N-dealkylation sites (tertiary alicyclic amines) is 1. The molecule has 0 spiro atoms. The molecule has 14 heavy (non-hydrogen) atoms. The molecular weight excluding hydrogens is 250 g/mol. The Morgan fingerprint density at radius 1 is 1.50 bits per heavy atom. The fourth-order valence-corrected chi connectivity index (χ4v) is 1.70. The maximum Gasteiger partial charge on any atom is 0.290 e. The summed E-state index contributed by atoms with van der Waals surface area (Å²) in [5, 5.41) is 0. The number of halogens is 1. The van der Waals surface area contributed by atoms with Crippen molar-refractivity contribution < 1.29 is 14.0 Å². The molecule has 1 amide bonds. The van der Waals surface area contributed by atoms with E-state index in [1.165, 1.54) is 4.90 Å². The van der Waals surface area contributed by atoms with Gasteiger partial charge in [0.25, 0.3) is 5.91 Å². The van der Waals surface area contributed by atoms with Gasteiger partial charge in [0.05, 0.1) is 6.54 Å². The number of Topliss-reactive ketones (excluding diaryl/α,β-unsaturated/α-hetero) is 1. The largest absolute Gasteiger partial charge is 0.444 e. The molecule has 1 aliphatic rings. The number of amides is 1. The number of nitrogens with zero attached hydrogens (tertiary/aromatic N) is 1. The maximum atomic E-state index is 11.7. The van der Waals surface area contributed by atoms with E-state index in [-0.39, 0.29) is 24.0 Å². The number of ketones is 1. The third-order valence-electron chi connectivity index (χ3n) is 2.10. The van der Waals surface area contributed by atoms with E-state index in [0.717, 1.165) is 0 Å². The SMILES string of the molecule is O=C1CCN(C(=O)c2ccc(Br)o2)C1. The number of rotatable bonds is 1. The molecular formula is C9H8BrNO3. The van der Waals surface area contributed by atoms with Gasteiger partial charge < -0.3 is 9.32 Å². The molecule has 74 valence electrons.